The number of aliphatic carboxylic acids is 1. The van der Waals surface area contributed by atoms with Crippen LogP contribution in [0.25, 0.3) is 0 Å². The van der Waals surface area contributed by atoms with Gasteiger partial charge in [-0.05, 0) is 0 Å². The number of hydrogen-bond acceptors (Lipinski definition) is 2. The summed E-state index contributed by atoms with van der Waals surface area (Å²) >= 11 is 0. The third-order valence-corrected chi connectivity index (χ3v) is 0.268. The average Bonchev–Trinajstić information content (AvgIpc) is 1.35. The van der Waals surface area contributed by atoms with Gasteiger partial charge in [-0.3, -0.25) is 0 Å². The Labute approximate surface area is 70.8 Å². The first-order chi connectivity index (χ1) is 2.77. The van der Waals surface area contributed by atoms with E-state index in [1.807, 2.05) is 0 Å². The number of hydrogen-bond donors (Lipinski definition) is 1. The Hall–Kier alpha value is 0.664. The van der Waals surface area contributed by atoms with Crippen LogP contribution in [-0.4, -0.2) is 24.8 Å². The molecule has 0 aromatic carbocycles. The maximum atomic E-state index is 9.47. The molecule has 3 nitrogen and oxygen atoms in total. The van der Waals surface area contributed by atoms with E-state index in [1.54, 1.807) is 0 Å². The normalized spacial score (nSPS) is 7.00. The van der Waals surface area contributed by atoms with Crippen molar-refractivity contribution >= 4 is 5.97 Å². The maximum Gasteiger partial charge on any atom is 0.329 e. The van der Waals surface area contributed by atoms with E-state index in [-0.39, 0.29) is 43.5 Å². The molecule has 4 heteroatoms. The average molecular weight is 265 g/mol. The molecule has 7 heavy (non-hydrogen) atoms. The van der Waals surface area contributed by atoms with Crippen molar-refractivity contribution in [2.45, 2.75) is 0 Å². The number of carbonyl (C=O) groups is 1. The molecule has 51 valence electrons. The fraction of sp³-hybridized carbons (Fsp3) is 0.667. The number of ether oxygens (including phenoxy) is 1. The second-order valence-electron chi connectivity index (χ2n) is 0.827. The number of rotatable bonds is 2. The van der Waals surface area contributed by atoms with Crippen molar-refractivity contribution in [3.05, 3.63) is 0 Å². The van der Waals surface area contributed by atoms with Crippen molar-refractivity contribution in [2.24, 2.45) is 0 Å². The van der Waals surface area contributed by atoms with E-state index in [0.717, 1.165) is 0 Å². The molecule has 0 saturated carbocycles. The van der Waals surface area contributed by atoms with Gasteiger partial charge in [0.25, 0.3) is 0 Å². The van der Waals surface area contributed by atoms with E-state index in [4.69, 9.17) is 5.11 Å². The number of carboxylic acids is 1. The molecule has 0 aliphatic rings. The summed E-state index contributed by atoms with van der Waals surface area (Å²) in [7, 11) is 1.34. The zero-order chi connectivity index (χ0) is 4.99. The van der Waals surface area contributed by atoms with E-state index in [9.17, 15) is 4.79 Å². The van der Waals surface area contributed by atoms with Gasteiger partial charge < -0.3 is 9.84 Å². The molecule has 1 N–H and O–H groups in total. The molecule has 0 amide bonds. The topological polar surface area (TPSA) is 46.5 Å². The van der Waals surface area contributed by atoms with Gasteiger partial charge in [-0.1, -0.05) is 0 Å². The minimum atomic E-state index is -0.933. The minimum absolute atomic E-state index is 0. The Morgan fingerprint density at radius 3 is 2.29 bits per heavy atom. The van der Waals surface area contributed by atoms with E-state index in [0.29, 0.717) is 0 Å². The Kier molecular flexibility index (Phi) is 10.1. The Balaban J connectivity index is 0. The van der Waals surface area contributed by atoms with Crippen LogP contribution < -0.4 is 0 Å². The van der Waals surface area contributed by atoms with Crippen molar-refractivity contribution in [3.8, 4) is 0 Å². The van der Waals surface area contributed by atoms with Crippen molar-refractivity contribution in [2.75, 3.05) is 13.7 Å². The van der Waals surface area contributed by atoms with Gasteiger partial charge in [0.2, 0.25) is 0 Å². The molecular formula is C3H6LuO3. The summed E-state index contributed by atoms with van der Waals surface area (Å²) in [6, 6.07) is 0. The summed E-state index contributed by atoms with van der Waals surface area (Å²) in [5.74, 6) is -0.933. The van der Waals surface area contributed by atoms with Crippen LogP contribution in [0.1, 0.15) is 0 Å². The predicted molar refractivity (Wildman–Crippen MR) is 19.5 cm³/mol. The fourth-order valence-corrected chi connectivity index (χ4v) is 0.123. The molecule has 0 unspecified atom stereocenters. The zero-order valence-electron chi connectivity index (χ0n) is 3.73. The van der Waals surface area contributed by atoms with Crippen molar-refractivity contribution < 1.29 is 51.5 Å². The van der Waals surface area contributed by atoms with Crippen LogP contribution in [0.4, 0.5) is 0 Å². The molecule has 0 aliphatic carbocycles. The number of methoxy groups -OCH3 is 1. The Morgan fingerprint density at radius 1 is 1.86 bits per heavy atom. The van der Waals surface area contributed by atoms with Gasteiger partial charge in [-0.15, -0.1) is 0 Å². The Morgan fingerprint density at radius 2 is 2.29 bits per heavy atom. The minimum Gasteiger partial charge on any atom is -0.480 e. The smallest absolute Gasteiger partial charge is 0.329 e. The second-order valence-corrected chi connectivity index (χ2v) is 0.827. The molecule has 0 heterocycles. The largest absolute Gasteiger partial charge is 0.480 e. The van der Waals surface area contributed by atoms with Gasteiger partial charge in [0.1, 0.15) is 6.61 Å². The summed E-state index contributed by atoms with van der Waals surface area (Å²) in [5, 5.41) is 7.79. The molecule has 0 aromatic rings. The van der Waals surface area contributed by atoms with Gasteiger partial charge in [0, 0.05) is 44.0 Å². The van der Waals surface area contributed by atoms with Gasteiger partial charge in [0.15, 0.2) is 0 Å². The molecule has 0 aliphatic heterocycles. The van der Waals surface area contributed by atoms with Crippen LogP contribution in [0, 0.1) is 36.9 Å². The summed E-state index contributed by atoms with van der Waals surface area (Å²) in [4.78, 5) is 9.47. The third kappa shape index (κ3) is 10.8. The van der Waals surface area contributed by atoms with Crippen LogP contribution in [-0.2, 0) is 9.53 Å². The maximum absolute atomic E-state index is 9.47. The summed E-state index contributed by atoms with van der Waals surface area (Å²) in [6.45, 7) is -0.208. The molecular weight excluding hydrogens is 259 g/mol. The first-order valence-electron chi connectivity index (χ1n) is 1.48. The molecule has 0 aromatic heterocycles. The quantitative estimate of drug-likeness (QED) is 0.746. The monoisotopic (exact) mass is 265 g/mol. The van der Waals surface area contributed by atoms with Crippen molar-refractivity contribution in [1.82, 2.24) is 0 Å². The van der Waals surface area contributed by atoms with Crippen LogP contribution in [0.5, 0.6) is 0 Å². The van der Waals surface area contributed by atoms with Crippen molar-refractivity contribution in [1.29, 1.82) is 0 Å². The molecule has 1 radical (unpaired) electrons. The standard InChI is InChI=1S/C3H6O3.Lu/c1-6-2-3(4)5;/h2H2,1H3,(H,4,5);. The molecule has 0 fully saturated rings. The molecule has 0 spiro atoms. The van der Waals surface area contributed by atoms with Crippen LogP contribution >= 0.6 is 0 Å². The molecule has 0 atom stereocenters. The first kappa shape index (κ1) is 10.6. The van der Waals surface area contributed by atoms with Gasteiger partial charge in [0.05, 0.1) is 0 Å². The van der Waals surface area contributed by atoms with E-state index < -0.39 is 5.97 Å². The van der Waals surface area contributed by atoms with Gasteiger partial charge in [-0.25, -0.2) is 4.79 Å². The zero-order valence-corrected chi connectivity index (χ0v) is 5.39. The predicted octanol–water partition coefficient (Wildman–Crippen LogP) is -0.283. The molecule has 0 rings (SSSR count). The first-order valence-corrected chi connectivity index (χ1v) is 1.48. The van der Waals surface area contributed by atoms with Crippen LogP contribution in [0.15, 0.2) is 0 Å². The SMILES string of the molecule is COCC(=O)O.[Lu]. The van der Waals surface area contributed by atoms with E-state index >= 15 is 0 Å². The number of carboxylic acid groups (broad SMARTS) is 1. The van der Waals surface area contributed by atoms with E-state index in [2.05, 4.69) is 4.74 Å². The van der Waals surface area contributed by atoms with Gasteiger partial charge >= 0.3 is 5.97 Å². The summed E-state index contributed by atoms with van der Waals surface area (Å²) < 4.78 is 4.20. The summed E-state index contributed by atoms with van der Waals surface area (Å²) in [6.07, 6.45) is 0. The Bertz CT molecular complexity index is 54.1. The van der Waals surface area contributed by atoms with Crippen LogP contribution in [0.3, 0.4) is 0 Å². The second kappa shape index (κ2) is 6.66. The molecule has 0 saturated heterocycles. The third-order valence-electron chi connectivity index (χ3n) is 0.268. The van der Waals surface area contributed by atoms with E-state index in [1.165, 1.54) is 7.11 Å². The van der Waals surface area contributed by atoms with Crippen LogP contribution in [0.2, 0.25) is 0 Å². The molecule has 0 bridgehead atoms. The van der Waals surface area contributed by atoms with Gasteiger partial charge in [-0.2, -0.15) is 0 Å². The summed E-state index contributed by atoms with van der Waals surface area (Å²) in [5.41, 5.74) is 0. The van der Waals surface area contributed by atoms with Crippen molar-refractivity contribution in [3.63, 3.8) is 0 Å². The fourth-order valence-electron chi connectivity index (χ4n) is 0.123.